The smallest absolute Gasteiger partial charge is 0.286 e. The Balaban J connectivity index is 1.56. The zero-order chi connectivity index (χ0) is 17.8. The fourth-order valence-corrected chi connectivity index (χ4v) is 3.82. The Bertz CT molecular complexity index is 674. The van der Waals surface area contributed by atoms with Crippen molar-refractivity contribution in [3.63, 3.8) is 0 Å². The summed E-state index contributed by atoms with van der Waals surface area (Å²) in [7, 11) is 0. The number of rotatable bonds is 5. The van der Waals surface area contributed by atoms with E-state index >= 15 is 0 Å². The number of benzene rings is 1. The molecule has 25 heavy (non-hydrogen) atoms. The molecular formula is C17H21N3O4S. The van der Waals surface area contributed by atoms with Gasteiger partial charge in [-0.3, -0.25) is 19.7 Å². The summed E-state index contributed by atoms with van der Waals surface area (Å²) in [6, 6.07) is 7.89. The molecule has 0 bridgehead atoms. The lowest BCUT2D eigenvalue weighted by Crippen LogP contribution is -2.49. The van der Waals surface area contributed by atoms with E-state index in [2.05, 4.69) is 10.2 Å². The van der Waals surface area contributed by atoms with E-state index in [4.69, 9.17) is 4.74 Å². The number of nitrogens with zero attached hydrogens (tertiary/aromatic N) is 2. The molecule has 1 N–H and O–H groups in total. The number of imide groups is 1. The van der Waals surface area contributed by atoms with Gasteiger partial charge in [0.25, 0.3) is 5.24 Å². The Morgan fingerprint density at radius 1 is 1.24 bits per heavy atom. The van der Waals surface area contributed by atoms with Crippen LogP contribution in [-0.2, 0) is 9.59 Å². The third kappa shape index (κ3) is 4.07. The molecule has 1 aromatic rings. The standard InChI is InChI=1S/C17H21N3O4S/c1-2-24-13-6-4-3-5-12(13)19-7-9-20(10-8-19)15(21)11-14-16(22)18-17(23)25-14/h3-6,14H,2,7-11H2,1H3,(H,18,22,23)/t14-/m0/s1. The summed E-state index contributed by atoms with van der Waals surface area (Å²) in [6.07, 6.45) is 0.0672. The van der Waals surface area contributed by atoms with E-state index in [1.165, 1.54) is 0 Å². The maximum atomic E-state index is 12.4. The summed E-state index contributed by atoms with van der Waals surface area (Å²) < 4.78 is 5.67. The second-order valence-electron chi connectivity index (χ2n) is 5.86. The molecule has 3 rings (SSSR count). The van der Waals surface area contributed by atoms with Crippen molar-refractivity contribution in [2.75, 3.05) is 37.7 Å². The predicted octanol–water partition coefficient (Wildman–Crippen LogP) is 1.48. The Labute approximate surface area is 150 Å². The van der Waals surface area contributed by atoms with Crippen molar-refractivity contribution in [2.24, 2.45) is 0 Å². The first kappa shape index (κ1) is 17.6. The Morgan fingerprint density at radius 3 is 2.60 bits per heavy atom. The van der Waals surface area contributed by atoms with Crippen molar-refractivity contribution in [1.29, 1.82) is 0 Å². The summed E-state index contributed by atoms with van der Waals surface area (Å²) >= 11 is 0.897. The average Bonchev–Trinajstić information content (AvgIpc) is 2.93. The van der Waals surface area contributed by atoms with Gasteiger partial charge in [-0.05, 0) is 19.1 Å². The highest BCUT2D eigenvalue weighted by Crippen LogP contribution is 2.29. The quantitative estimate of drug-likeness (QED) is 0.854. The van der Waals surface area contributed by atoms with Crippen molar-refractivity contribution in [1.82, 2.24) is 10.2 Å². The molecule has 2 saturated heterocycles. The highest BCUT2D eigenvalue weighted by atomic mass is 32.2. The molecule has 2 aliphatic heterocycles. The van der Waals surface area contributed by atoms with E-state index in [9.17, 15) is 14.4 Å². The topological polar surface area (TPSA) is 79.0 Å². The highest BCUT2D eigenvalue weighted by Gasteiger charge is 2.35. The molecule has 2 aliphatic rings. The van der Waals surface area contributed by atoms with Crippen molar-refractivity contribution in [2.45, 2.75) is 18.6 Å². The minimum absolute atomic E-state index is 0.0672. The van der Waals surface area contributed by atoms with Crippen LogP contribution in [0.3, 0.4) is 0 Å². The Kier molecular flexibility index (Phi) is 5.47. The van der Waals surface area contributed by atoms with E-state index in [-0.39, 0.29) is 23.5 Å². The van der Waals surface area contributed by atoms with Gasteiger partial charge in [0, 0.05) is 32.6 Å². The molecule has 3 amide bonds. The first-order chi connectivity index (χ1) is 12.1. The van der Waals surface area contributed by atoms with Crippen LogP contribution in [-0.4, -0.2) is 60.0 Å². The van der Waals surface area contributed by atoms with Crippen LogP contribution in [0.15, 0.2) is 24.3 Å². The van der Waals surface area contributed by atoms with Gasteiger partial charge in [-0.15, -0.1) is 0 Å². The molecule has 134 valence electrons. The summed E-state index contributed by atoms with van der Waals surface area (Å²) in [5, 5.41) is 1.24. The minimum atomic E-state index is -0.600. The zero-order valence-electron chi connectivity index (χ0n) is 14.1. The summed E-state index contributed by atoms with van der Waals surface area (Å²) in [5.74, 6) is 0.398. The van der Waals surface area contributed by atoms with Gasteiger partial charge in [-0.1, -0.05) is 23.9 Å². The van der Waals surface area contributed by atoms with E-state index in [0.717, 1.165) is 23.2 Å². The molecule has 2 fully saturated rings. The van der Waals surface area contributed by atoms with Crippen LogP contribution in [0.5, 0.6) is 5.75 Å². The predicted molar refractivity (Wildman–Crippen MR) is 95.9 cm³/mol. The average molecular weight is 363 g/mol. The van der Waals surface area contributed by atoms with Crippen LogP contribution in [0.4, 0.5) is 10.5 Å². The number of thioether (sulfide) groups is 1. The lowest BCUT2D eigenvalue weighted by atomic mass is 10.2. The van der Waals surface area contributed by atoms with E-state index in [1.807, 2.05) is 31.2 Å². The van der Waals surface area contributed by atoms with Crippen molar-refractivity contribution in [3.05, 3.63) is 24.3 Å². The molecule has 0 unspecified atom stereocenters. The van der Waals surface area contributed by atoms with Gasteiger partial charge in [0.1, 0.15) is 11.0 Å². The highest BCUT2D eigenvalue weighted by molar-refractivity contribution is 8.15. The fraction of sp³-hybridized carbons (Fsp3) is 0.471. The van der Waals surface area contributed by atoms with Crippen LogP contribution in [0.2, 0.25) is 0 Å². The zero-order valence-corrected chi connectivity index (χ0v) is 14.9. The Morgan fingerprint density at radius 2 is 1.96 bits per heavy atom. The number of para-hydroxylation sites is 2. The monoisotopic (exact) mass is 363 g/mol. The van der Waals surface area contributed by atoms with E-state index < -0.39 is 5.25 Å². The second-order valence-corrected chi connectivity index (χ2v) is 7.03. The number of anilines is 1. The number of amides is 3. The maximum Gasteiger partial charge on any atom is 0.286 e. The molecule has 0 aliphatic carbocycles. The van der Waals surface area contributed by atoms with Gasteiger partial charge >= 0.3 is 0 Å². The molecule has 1 aromatic carbocycles. The van der Waals surface area contributed by atoms with Crippen molar-refractivity contribution >= 4 is 34.5 Å². The Hall–Kier alpha value is -2.22. The van der Waals surface area contributed by atoms with Crippen LogP contribution in [0.1, 0.15) is 13.3 Å². The van der Waals surface area contributed by atoms with Gasteiger partial charge in [-0.25, -0.2) is 0 Å². The molecule has 1 atom stereocenters. The summed E-state index contributed by atoms with van der Waals surface area (Å²) in [4.78, 5) is 39.1. The maximum absolute atomic E-state index is 12.4. The van der Waals surface area contributed by atoms with Gasteiger partial charge in [0.05, 0.1) is 12.3 Å². The lowest BCUT2D eigenvalue weighted by Gasteiger charge is -2.37. The third-order valence-corrected chi connectivity index (χ3v) is 5.25. The van der Waals surface area contributed by atoms with E-state index in [0.29, 0.717) is 32.8 Å². The number of carbonyl (C=O) groups is 3. The molecule has 0 aromatic heterocycles. The van der Waals surface area contributed by atoms with E-state index in [1.54, 1.807) is 4.90 Å². The number of piperazine rings is 1. The van der Waals surface area contributed by atoms with Gasteiger partial charge < -0.3 is 14.5 Å². The molecule has 0 spiro atoms. The molecule has 8 heteroatoms. The SMILES string of the molecule is CCOc1ccccc1N1CCN(C(=O)C[C@@H]2SC(=O)NC2=O)CC1. The first-order valence-corrected chi connectivity index (χ1v) is 9.22. The van der Waals surface area contributed by atoms with Crippen LogP contribution >= 0.6 is 11.8 Å². The number of nitrogens with one attached hydrogen (secondary N) is 1. The summed E-state index contributed by atoms with van der Waals surface area (Å²) in [6.45, 7) is 5.15. The number of hydrogen-bond acceptors (Lipinski definition) is 6. The second kappa shape index (κ2) is 7.77. The molecule has 7 nitrogen and oxygen atoms in total. The van der Waals surface area contributed by atoms with Crippen molar-refractivity contribution in [3.8, 4) is 5.75 Å². The van der Waals surface area contributed by atoms with Gasteiger partial charge in [-0.2, -0.15) is 0 Å². The minimum Gasteiger partial charge on any atom is -0.492 e. The largest absolute Gasteiger partial charge is 0.492 e. The molecule has 0 saturated carbocycles. The fourth-order valence-electron chi connectivity index (χ4n) is 3.01. The van der Waals surface area contributed by atoms with Crippen LogP contribution in [0, 0.1) is 0 Å². The molecular weight excluding hydrogens is 342 g/mol. The summed E-state index contributed by atoms with van der Waals surface area (Å²) in [5.41, 5.74) is 1.03. The third-order valence-electron chi connectivity index (χ3n) is 4.27. The number of ether oxygens (including phenoxy) is 1. The van der Waals surface area contributed by atoms with Gasteiger partial charge in [0.15, 0.2) is 0 Å². The lowest BCUT2D eigenvalue weighted by molar-refractivity contribution is -0.133. The number of carbonyl (C=O) groups excluding carboxylic acids is 3. The molecule has 2 heterocycles. The van der Waals surface area contributed by atoms with Crippen LogP contribution < -0.4 is 15.0 Å². The van der Waals surface area contributed by atoms with Crippen molar-refractivity contribution < 1.29 is 19.1 Å². The molecule has 0 radical (unpaired) electrons. The normalized spacial score (nSPS) is 20.6. The number of hydrogen-bond donors (Lipinski definition) is 1. The first-order valence-electron chi connectivity index (χ1n) is 8.34. The van der Waals surface area contributed by atoms with Crippen LogP contribution in [0.25, 0.3) is 0 Å². The van der Waals surface area contributed by atoms with Gasteiger partial charge in [0.2, 0.25) is 11.8 Å².